The fraction of sp³-hybridized carbons (Fsp3) is 0.440. The molecule has 0 unspecified atom stereocenters. The molecular weight excluding hydrogens is 356 g/mol. The molecule has 2 heteroatoms. The Kier molecular flexibility index (Phi) is 7.10. The van der Waals surface area contributed by atoms with E-state index in [1.165, 1.54) is 16.3 Å². The normalized spacial score (nSPS) is 12.4. The molecule has 0 atom stereocenters. The Hall–Kier alpha value is -1.39. The number of hydrogen-bond acceptors (Lipinski definition) is 0. The van der Waals surface area contributed by atoms with Crippen molar-refractivity contribution in [1.82, 2.24) is 0 Å². The van der Waals surface area contributed by atoms with E-state index in [-0.39, 0.29) is 0 Å². The van der Waals surface area contributed by atoms with Gasteiger partial charge < -0.3 is 0 Å². The van der Waals surface area contributed by atoms with Gasteiger partial charge in [0.25, 0.3) is 0 Å². The molecule has 0 aliphatic rings. The zero-order chi connectivity index (χ0) is 20.4. The van der Waals surface area contributed by atoms with E-state index in [2.05, 4.69) is 110 Å². The maximum atomic E-state index is 4.45. The number of hydrogen-bond donors (Lipinski definition) is 0. The zero-order valence-corrected chi connectivity index (χ0v) is 20.8. The number of rotatable bonds is 7. The lowest BCUT2D eigenvalue weighted by Crippen LogP contribution is -2.55. The second kappa shape index (κ2) is 8.75. The Morgan fingerprint density at radius 2 is 1.30 bits per heavy atom. The fourth-order valence-electron chi connectivity index (χ4n) is 5.21. The largest absolute Gasteiger partial charge is 0.0942 e. The van der Waals surface area contributed by atoms with E-state index < -0.39 is 16.9 Å². The summed E-state index contributed by atoms with van der Waals surface area (Å²) in [6.07, 6.45) is 0. The van der Waals surface area contributed by atoms with Crippen LogP contribution in [0.2, 0.25) is 29.7 Å². The molecule has 0 aromatic heterocycles. The smallest absolute Gasteiger partial charge is 0.0906 e. The Morgan fingerprint density at radius 1 is 0.778 bits per heavy atom. The van der Waals surface area contributed by atoms with Gasteiger partial charge in [0.1, 0.15) is 0 Å². The molecule has 0 nitrogen and oxygen atoms in total. The summed E-state index contributed by atoms with van der Waals surface area (Å²) in [5.41, 5.74) is 5.83. The van der Waals surface area contributed by atoms with Crippen molar-refractivity contribution in [3.8, 4) is 0 Å². The van der Waals surface area contributed by atoms with Gasteiger partial charge in [-0.25, -0.2) is 0 Å². The molecule has 2 aromatic carbocycles. The standard InChI is InChI=1S/C25H38Si2/c1-18(2)27(19(3)4,20(5)6)25-12-10-11-23(17-25)21(7)22-13-15-24(16-14-22)26(8)9/h10-20,26H,7H2,1-6,8-9H3. The van der Waals surface area contributed by atoms with Gasteiger partial charge in [0.15, 0.2) is 0 Å². The highest BCUT2D eigenvalue weighted by atomic mass is 28.3. The van der Waals surface area contributed by atoms with Crippen LogP contribution in [0.25, 0.3) is 5.57 Å². The summed E-state index contributed by atoms with van der Waals surface area (Å²) in [5, 5.41) is 3.11. The van der Waals surface area contributed by atoms with Crippen molar-refractivity contribution in [2.24, 2.45) is 0 Å². The zero-order valence-electron chi connectivity index (χ0n) is 18.6. The van der Waals surface area contributed by atoms with Crippen LogP contribution in [0.5, 0.6) is 0 Å². The summed E-state index contributed by atoms with van der Waals surface area (Å²) in [6.45, 7) is 23.8. The first kappa shape index (κ1) is 21.9. The molecule has 0 amide bonds. The van der Waals surface area contributed by atoms with Crippen molar-refractivity contribution < 1.29 is 0 Å². The van der Waals surface area contributed by atoms with E-state index in [1.54, 1.807) is 5.19 Å². The minimum atomic E-state index is -1.64. The minimum Gasteiger partial charge on any atom is -0.0906 e. The average molecular weight is 395 g/mol. The van der Waals surface area contributed by atoms with Crippen LogP contribution in [0.4, 0.5) is 0 Å². The summed E-state index contributed by atoms with van der Waals surface area (Å²) in [7, 11) is -2.39. The first-order valence-electron chi connectivity index (χ1n) is 10.5. The highest BCUT2D eigenvalue weighted by molar-refractivity contribution is 6.95. The van der Waals surface area contributed by atoms with Crippen molar-refractivity contribution in [3.63, 3.8) is 0 Å². The van der Waals surface area contributed by atoms with Crippen LogP contribution in [0.3, 0.4) is 0 Å². The number of benzene rings is 2. The molecule has 0 saturated carbocycles. The molecular formula is C25H38Si2. The van der Waals surface area contributed by atoms with Gasteiger partial charge in [0.05, 0.1) is 16.9 Å². The molecule has 0 aliphatic carbocycles. The van der Waals surface area contributed by atoms with E-state index in [9.17, 15) is 0 Å². The second-order valence-corrected chi connectivity index (χ2v) is 18.1. The molecule has 0 aliphatic heterocycles. The van der Waals surface area contributed by atoms with Gasteiger partial charge in [-0.1, -0.05) is 120 Å². The lowest BCUT2D eigenvalue weighted by Gasteiger charge is -2.44. The third kappa shape index (κ3) is 4.22. The molecule has 0 heterocycles. The molecule has 0 saturated heterocycles. The molecule has 27 heavy (non-hydrogen) atoms. The Morgan fingerprint density at radius 3 is 1.74 bits per heavy atom. The van der Waals surface area contributed by atoms with Gasteiger partial charge in [-0.3, -0.25) is 0 Å². The summed E-state index contributed by atoms with van der Waals surface area (Å²) >= 11 is 0. The monoisotopic (exact) mass is 394 g/mol. The van der Waals surface area contributed by atoms with E-state index in [0.717, 1.165) is 22.2 Å². The summed E-state index contributed by atoms with van der Waals surface area (Å²) in [4.78, 5) is 0. The molecule has 0 bridgehead atoms. The first-order valence-corrected chi connectivity index (χ1v) is 15.6. The quantitative estimate of drug-likeness (QED) is 0.481. The van der Waals surface area contributed by atoms with E-state index in [1.807, 2.05) is 0 Å². The van der Waals surface area contributed by atoms with Crippen molar-refractivity contribution in [2.75, 3.05) is 0 Å². The predicted molar refractivity (Wildman–Crippen MR) is 130 cm³/mol. The topological polar surface area (TPSA) is 0 Å². The molecule has 0 spiro atoms. The van der Waals surface area contributed by atoms with E-state index in [0.29, 0.717) is 0 Å². The Labute approximate surface area is 170 Å². The van der Waals surface area contributed by atoms with Gasteiger partial charge in [-0.05, 0) is 33.3 Å². The van der Waals surface area contributed by atoms with Gasteiger partial charge in [0, 0.05) is 0 Å². The average Bonchev–Trinajstić information content (AvgIpc) is 2.61. The molecule has 2 aromatic rings. The van der Waals surface area contributed by atoms with Crippen molar-refractivity contribution >= 4 is 32.8 Å². The Bertz CT molecular complexity index is 745. The van der Waals surface area contributed by atoms with Crippen LogP contribution >= 0.6 is 0 Å². The van der Waals surface area contributed by atoms with Crippen LogP contribution in [-0.2, 0) is 0 Å². The van der Waals surface area contributed by atoms with E-state index in [4.69, 9.17) is 0 Å². The maximum Gasteiger partial charge on any atom is 0.0942 e. The van der Waals surface area contributed by atoms with Crippen molar-refractivity contribution in [2.45, 2.75) is 71.3 Å². The highest BCUT2D eigenvalue weighted by Gasteiger charge is 2.44. The Balaban J connectivity index is 2.48. The SMILES string of the molecule is C=C(c1ccc([SiH](C)C)cc1)c1cccc([Si](C(C)C)(C(C)C)C(C)C)c1. The maximum absolute atomic E-state index is 4.45. The van der Waals surface area contributed by atoms with Gasteiger partial charge in [0.2, 0.25) is 0 Å². The summed E-state index contributed by atoms with van der Waals surface area (Å²) in [5.74, 6) is 0. The third-order valence-corrected chi connectivity index (χ3v) is 15.3. The van der Waals surface area contributed by atoms with Crippen LogP contribution < -0.4 is 10.4 Å². The van der Waals surface area contributed by atoms with Crippen LogP contribution in [-0.4, -0.2) is 16.9 Å². The first-order chi connectivity index (χ1) is 12.6. The predicted octanol–water partition coefficient (Wildman–Crippen LogP) is 6.33. The molecule has 0 radical (unpaired) electrons. The van der Waals surface area contributed by atoms with Gasteiger partial charge in [-0.2, -0.15) is 0 Å². The van der Waals surface area contributed by atoms with Gasteiger partial charge >= 0.3 is 0 Å². The van der Waals surface area contributed by atoms with Gasteiger partial charge in [-0.15, -0.1) is 0 Å². The van der Waals surface area contributed by atoms with Crippen molar-refractivity contribution in [3.05, 3.63) is 66.2 Å². The third-order valence-electron chi connectivity index (χ3n) is 6.50. The summed E-state index contributed by atoms with van der Waals surface area (Å²) in [6, 6.07) is 18.4. The van der Waals surface area contributed by atoms with Crippen LogP contribution in [0.1, 0.15) is 52.7 Å². The molecule has 0 fully saturated rings. The minimum absolute atomic E-state index is 0.719. The molecule has 0 N–H and O–H groups in total. The summed E-state index contributed by atoms with van der Waals surface area (Å²) < 4.78 is 0. The molecule has 2 rings (SSSR count). The van der Waals surface area contributed by atoms with Crippen LogP contribution in [0, 0.1) is 0 Å². The fourth-order valence-corrected chi connectivity index (χ4v) is 13.0. The molecule has 146 valence electrons. The lowest BCUT2D eigenvalue weighted by molar-refractivity contribution is 0.835. The van der Waals surface area contributed by atoms with Crippen molar-refractivity contribution in [1.29, 1.82) is 0 Å². The van der Waals surface area contributed by atoms with E-state index >= 15 is 0 Å². The second-order valence-electron chi connectivity index (χ2n) is 9.23. The highest BCUT2D eigenvalue weighted by Crippen LogP contribution is 2.41. The van der Waals surface area contributed by atoms with Crippen LogP contribution in [0.15, 0.2) is 55.1 Å². The lowest BCUT2D eigenvalue weighted by atomic mass is 10.00.